The van der Waals surface area contributed by atoms with Crippen molar-refractivity contribution in [1.82, 2.24) is 19.3 Å². The molecule has 8 heteroatoms. The molecule has 0 aliphatic carbocycles. The molecule has 7 nitrogen and oxygen atoms in total. The highest BCUT2D eigenvalue weighted by Gasteiger charge is 2.22. The van der Waals surface area contributed by atoms with Crippen LogP contribution in [0, 0.1) is 18.3 Å². The minimum atomic E-state index is -0.0631. The molecule has 0 spiro atoms. The Hall–Kier alpha value is -3.41. The maximum Gasteiger partial charge on any atom is 0.262 e. The third-order valence-corrected chi connectivity index (χ3v) is 6.83. The second-order valence-electron chi connectivity index (χ2n) is 8.02. The summed E-state index contributed by atoms with van der Waals surface area (Å²) in [4.78, 5) is 18.2. The summed E-state index contributed by atoms with van der Waals surface area (Å²) in [6.07, 6.45) is 1.95. The fourth-order valence-corrected chi connectivity index (χ4v) is 5.19. The van der Waals surface area contributed by atoms with E-state index in [1.165, 1.54) is 11.8 Å². The fourth-order valence-electron chi connectivity index (χ4n) is 4.18. The van der Waals surface area contributed by atoms with Gasteiger partial charge in [-0.25, -0.2) is 9.67 Å². The number of aromatic nitrogens is 4. The molecule has 1 aliphatic rings. The third kappa shape index (κ3) is 4.17. The number of hydrogen-bond donors (Lipinski definition) is 0. The van der Waals surface area contributed by atoms with Gasteiger partial charge < -0.3 is 4.74 Å². The molecule has 33 heavy (non-hydrogen) atoms. The molecule has 2 aromatic carbocycles. The molecular weight excluding hydrogens is 434 g/mol. The Balaban J connectivity index is 1.55. The number of ether oxygens (including phenoxy) is 1. The van der Waals surface area contributed by atoms with Gasteiger partial charge in [-0.1, -0.05) is 42.1 Å². The van der Waals surface area contributed by atoms with E-state index in [0.717, 1.165) is 30.8 Å². The maximum atomic E-state index is 13.3. The smallest absolute Gasteiger partial charge is 0.262 e. The zero-order valence-electron chi connectivity index (χ0n) is 18.3. The lowest BCUT2D eigenvalue weighted by Gasteiger charge is -2.16. The molecular formula is C25H23N5O2S. The van der Waals surface area contributed by atoms with Gasteiger partial charge in [-0.15, -0.1) is 0 Å². The number of fused-ring (bicyclic) bond motifs is 1. The van der Waals surface area contributed by atoms with E-state index in [0.29, 0.717) is 39.6 Å². The zero-order chi connectivity index (χ0) is 22.8. The number of thioether (sulfide) groups is 1. The van der Waals surface area contributed by atoms with Crippen LogP contribution in [0.15, 0.2) is 64.5 Å². The van der Waals surface area contributed by atoms with Gasteiger partial charge >= 0.3 is 0 Å². The van der Waals surface area contributed by atoms with Gasteiger partial charge in [0.1, 0.15) is 6.07 Å². The van der Waals surface area contributed by atoms with E-state index in [2.05, 4.69) is 11.2 Å². The molecule has 0 N–H and O–H groups in total. The van der Waals surface area contributed by atoms with Gasteiger partial charge in [0.2, 0.25) is 0 Å². The highest BCUT2D eigenvalue weighted by atomic mass is 32.2. The highest BCUT2D eigenvalue weighted by Crippen LogP contribution is 2.28. The third-order valence-electron chi connectivity index (χ3n) is 5.84. The molecule has 0 saturated carbocycles. The molecule has 166 valence electrons. The van der Waals surface area contributed by atoms with Crippen molar-refractivity contribution in [1.29, 1.82) is 5.26 Å². The van der Waals surface area contributed by atoms with Gasteiger partial charge in [-0.05, 0) is 44.0 Å². The SMILES string of the molecule is Cc1nn(-c2ccccc2)c(CSc2nc3ccccc3c(=O)n2C[C@@H]2CCCO2)c1C#N. The van der Waals surface area contributed by atoms with Crippen molar-refractivity contribution in [2.45, 2.75) is 43.3 Å². The first-order chi connectivity index (χ1) is 16.2. The van der Waals surface area contributed by atoms with Crippen LogP contribution in [0.25, 0.3) is 16.6 Å². The average molecular weight is 458 g/mol. The molecule has 0 radical (unpaired) electrons. The van der Waals surface area contributed by atoms with Crippen molar-refractivity contribution in [3.63, 3.8) is 0 Å². The van der Waals surface area contributed by atoms with Crippen LogP contribution in [0.4, 0.5) is 0 Å². The summed E-state index contributed by atoms with van der Waals surface area (Å²) in [6, 6.07) is 19.5. The minimum absolute atomic E-state index is 0.0109. The molecule has 1 aliphatic heterocycles. The lowest BCUT2D eigenvalue weighted by molar-refractivity contribution is 0.0937. The van der Waals surface area contributed by atoms with Gasteiger partial charge in [-0.2, -0.15) is 10.4 Å². The summed E-state index contributed by atoms with van der Waals surface area (Å²) in [6.45, 7) is 3.04. The molecule has 5 rings (SSSR count). The average Bonchev–Trinajstić information content (AvgIpc) is 3.47. The van der Waals surface area contributed by atoms with Crippen molar-refractivity contribution in [3.8, 4) is 11.8 Å². The van der Waals surface area contributed by atoms with E-state index in [9.17, 15) is 10.1 Å². The molecule has 0 amide bonds. The number of benzene rings is 2. The van der Waals surface area contributed by atoms with Gasteiger partial charge in [0.05, 0.1) is 46.2 Å². The molecule has 2 aromatic heterocycles. The first-order valence-electron chi connectivity index (χ1n) is 10.9. The predicted molar refractivity (Wildman–Crippen MR) is 128 cm³/mol. The van der Waals surface area contributed by atoms with Crippen LogP contribution in [-0.2, 0) is 17.0 Å². The summed E-state index contributed by atoms with van der Waals surface area (Å²) < 4.78 is 9.34. The molecule has 3 heterocycles. The van der Waals surface area contributed by atoms with E-state index in [1.54, 1.807) is 4.57 Å². The standard InChI is InChI=1S/C25H23N5O2S/c1-17-21(14-26)23(30(28-17)18-8-3-2-4-9-18)16-33-25-27-22-12-6-5-11-20(22)24(31)29(25)15-19-10-7-13-32-19/h2-6,8-9,11-12,19H,7,10,13,15-16H2,1H3/t19-/m0/s1. The van der Waals surface area contributed by atoms with Crippen LogP contribution in [-0.4, -0.2) is 32.0 Å². The number of nitrogens with zero attached hydrogens (tertiary/aromatic N) is 5. The Labute approximate surface area is 195 Å². The Kier molecular flexibility index (Phi) is 5.99. The zero-order valence-corrected chi connectivity index (χ0v) is 19.1. The first kappa shape index (κ1) is 21.4. The highest BCUT2D eigenvalue weighted by molar-refractivity contribution is 7.98. The second-order valence-corrected chi connectivity index (χ2v) is 8.96. The largest absolute Gasteiger partial charge is 0.376 e. The van der Waals surface area contributed by atoms with Crippen LogP contribution in [0.5, 0.6) is 0 Å². The Morgan fingerprint density at radius 1 is 1.18 bits per heavy atom. The topological polar surface area (TPSA) is 85.7 Å². The van der Waals surface area contributed by atoms with Crippen LogP contribution >= 0.6 is 11.8 Å². The van der Waals surface area contributed by atoms with Crippen molar-refractivity contribution >= 4 is 22.7 Å². The monoisotopic (exact) mass is 457 g/mol. The normalized spacial score (nSPS) is 15.7. The minimum Gasteiger partial charge on any atom is -0.376 e. The Bertz CT molecular complexity index is 1400. The van der Waals surface area contributed by atoms with E-state index in [4.69, 9.17) is 9.72 Å². The van der Waals surface area contributed by atoms with Crippen molar-refractivity contribution in [3.05, 3.63) is 81.9 Å². The number of hydrogen-bond acceptors (Lipinski definition) is 6. The van der Waals surface area contributed by atoms with Gasteiger partial charge in [0.25, 0.3) is 5.56 Å². The molecule has 4 aromatic rings. The molecule has 0 unspecified atom stereocenters. The number of nitriles is 1. The van der Waals surface area contributed by atoms with Crippen LogP contribution in [0.3, 0.4) is 0 Å². The maximum absolute atomic E-state index is 13.3. The van der Waals surface area contributed by atoms with Crippen molar-refractivity contribution in [2.24, 2.45) is 0 Å². The van der Waals surface area contributed by atoms with Gasteiger partial charge in [-0.3, -0.25) is 9.36 Å². The summed E-state index contributed by atoms with van der Waals surface area (Å²) in [5.41, 5.74) is 3.52. The molecule has 0 bridgehead atoms. The first-order valence-corrected chi connectivity index (χ1v) is 11.9. The van der Waals surface area contributed by atoms with E-state index in [1.807, 2.05) is 66.2 Å². The van der Waals surface area contributed by atoms with Gasteiger partial charge in [0, 0.05) is 12.4 Å². The lowest BCUT2D eigenvalue weighted by Crippen LogP contribution is -2.28. The molecule has 1 atom stereocenters. The van der Waals surface area contributed by atoms with Gasteiger partial charge in [0.15, 0.2) is 5.16 Å². The molecule has 1 saturated heterocycles. The van der Waals surface area contributed by atoms with E-state index in [-0.39, 0.29) is 11.7 Å². The van der Waals surface area contributed by atoms with E-state index >= 15 is 0 Å². The summed E-state index contributed by atoms with van der Waals surface area (Å²) >= 11 is 1.45. The van der Waals surface area contributed by atoms with E-state index < -0.39 is 0 Å². The number of para-hydroxylation sites is 2. The summed E-state index contributed by atoms with van der Waals surface area (Å²) in [5, 5.41) is 15.6. The Morgan fingerprint density at radius 3 is 2.73 bits per heavy atom. The quantitative estimate of drug-likeness (QED) is 0.318. The van der Waals surface area contributed by atoms with Crippen molar-refractivity contribution < 1.29 is 4.74 Å². The predicted octanol–water partition coefficient (Wildman–Crippen LogP) is 4.23. The second kappa shape index (κ2) is 9.22. The van der Waals surface area contributed by atoms with Crippen molar-refractivity contribution in [2.75, 3.05) is 6.61 Å². The van der Waals surface area contributed by atoms with Crippen LogP contribution in [0.2, 0.25) is 0 Å². The number of aryl methyl sites for hydroxylation is 1. The van der Waals surface area contributed by atoms with Crippen LogP contribution in [0.1, 0.15) is 29.8 Å². The number of rotatable bonds is 6. The summed E-state index contributed by atoms with van der Waals surface area (Å²) in [7, 11) is 0. The Morgan fingerprint density at radius 2 is 1.97 bits per heavy atom. The van der Waals surface area contributed by atoms with Crippen LogP contribution < -0.4 is 5.56 Å². The summed E-state index contributed by atoms with van der Waals surface area (Å²) in [5.74, 6) is 0.453. The lowest BCUT2D eigenvalue weighted by atomic mass is 10.2. The molecule has 1 fully saturated rings. The fraction of sp³-hybridized carbons (Fsp3) is 0.280.